The summed E-state index contributed by atoms with van der Waals surface area (Å²) in [4.78, 5) is 10.3. The minimum absolute atomic E-state index is 0.0332. The van der Waals surface area contributed by atoms with Gasteiger partial charge >= 0.3 is 5.69 Å². The molecule has 0 aliphatic carbocycles. The summed E-state index contributed by atoms with van der Waals surface area (Å²) in [6, 6.07) is 4.74. The first-order chi connectivity index (χ1) is 8.54. The summed E-state index contributed by atoms with van der Waals surface area (Å²) in [5, 5.41) is 23.1. The third-order valence-corrected chi connectivity index (χ3v) is 2.28. The van der Waals surface area contributed by atoms with Gasteiger partial charge in [0.05, 0.1) is 11.0 Å². The number of rotatable bonds is 7. The van der Waals surface area contributed by atoms with Gasteiger partial charge in [0.1, 0.15) is 6.61 Å². The van der Waals surface area contributed by atoms with Crippen LogP contribution in [0.3, 0.4) is 0 Å². The Bertz CT molecular complexity index is 407. The van der Waals surface area contributed by atoms with E-state index >= 15 is 0 Å². The summed E-state index contributed by atoms with van der Waals surface area (Å²) in [6.07, 6.45) is -0.665. The summed E-state index contributed by atoms with van der Waals surface area (Å²) >= 11 is 0. The molecule has 1 unspecified atom stereocenters. The molecule has 0 aliphatic heterocycles. The number of benzene rings is 1. The van der Waals surface area contributed by atoms with Crippen LogP contribution < -0.4 is 10.1 Å². The highest BCUT2D eigenvalue weighted by Gasteiger charge is 2.16. The molecule has 2 N–H and O–H groups in total. The zero-order valence-electron chi connectivity index (χ0n) is 10.5. The lowest BCUT2D eigenvalue weighted by Gasteiger charge is -2.10. The Hall–Kier alpha value is -1.66. The Kier molecular flexibility index (Phi) is 5.54. The van der Waals surface area contributed by atoms with Crippen molar-refractivity contribution in [3.63, 3.8) is 0 Å². The molecule has 0 aliphatic rings. The van der Waals surface area contributed by atoms with E-state index in [1.165, 1.54) is 6.07 Å². The second-order valence-electron chi connectivity index (χ2n) is 4.00. The fourth-order valence-corrected chi connectivity index (χ4v) is 1.41. The Morgan fingerprint density at radius 2 is 2.28 bits per heavy atom. The number of nitro benzene ring substituents is 1. The monoisotopic (exact) mass is 254 g/mol. The fraction of sp³-hybridized carbons (Fsp3) is 0.500. The molecule has 6 nitrogen and oxygen atoms in total. The van der Waals surface area contributed by atoms with Crippen molar-refractivity contribution in [1.29, 1.82) is 0 Å². The Morgan fingerprint density at radius 3 is 2.83 bits per heavy atom. The largest absolute Gasteiger partial charge is 0.484 e. The Balaban J connectivity index is 2.88. The normalized spacial score (nSPS) is 12.2. The highest BCUT2D eigenvalue weighted by Crippen LogP contribution is 2.28. The van der Waals surface area contributed by atoms with Crippen molar-refractivity contribution in [1.82, 2.24) is 5.32 Å². The van der Waals surface area contributed by atoms with Crippen LogP contribution in [0, 0.1) is 10.1 Å². The molecule has 1 aromatic rings. The molecule has 0 aromatic heterocycles. The molecule has 100 valence electrons. The molecule has 0 fully saturated rings. The third kappa shape index (κ3) is 4.31. The minimum atomic E-state index is -0.665. The van der Waals surface area contributed by atoms with Crippen LogP contribution in [0.25, 0.3) is 0 Å². The lowest BCUT2D eigenvalue weighted by atomic mass is 10.2. The fourth-order valence-electron chi connectivity index (χ4n) is 1.41. The Morgan fingerprint density at radius 1 is 1.56 bits per heavy atom. The van der Waals surface area contributed by atoms with Crippen LogP contribution in [0.2, 0.25) is 0 Å². The average Bonchev–Trinajstić information content (AvgIpc) is 2.33. The van der Waals surface area contributed by atoms with Gasteiger partial charge in [0.15, 0.2) is 5.75 Å². The van der Waals surface area contributed by atoms with Gasteiger partial charge < -0.3 is 15.2 Å². The number of ether oxygens (including phenoxy) is 1. The van der Waals surface area contributed by atoms with E-state index in [4.69, 9.17) is 9.84 Å². The van der Waals surface area contributed by atoms with Gasteiger partial charge in [-0.05, 0) is 25.1 Å². The van der Waals surface area contributed by atoms with Crippen molar-refractivity contribution in [3.8, 4) is 5.75 Å². The molecular weight excluding hydrogens is 236 g/mol. The van der Waals surface area contributed by atoms with E-state index in [-0.39, 0.29) is 18.0 Å². The van der Waals surface area contributed by atoms with E-state index in [0.717, 1.165) is 12.1 Å². The summed E-state index contributed by atoms with van der Waals surface area (Å²) in [6.45, 7) is 5.02. The van der Waals surface area contributed by atoms with Crippen LogP contribution in [0.5, 0.6) is 5.75 Å². The maximum Gasteiger partial charge on any atom is 0.310 e. The van der Waals surface area contributed by atoms with Gasteiger partial charge in [0.25, 0.3) is 0 Å². The van der Waals surface area contributed by atoms with E-state index in [2.05, 4.69) is 5.32 Å². The van der Waals surface area contributed by atoms with Crippen molar-refractivity contribution in [3.05, 3.63) is 33.9 Å². The van der Waals surface area contributed by atoms with Crippen LogP contribution in [-0.4, -0.2) is 29.3 Å². The summed E-state index contributed by atoms with van der Waals surface area (Å²) < 4.78 is 5.26. The summed E-state index contributed by atoms with van der Waals surface area (Å²) in [5.74, 6) is 0.191. The van der Waals surface area contributed by atoms with Crippen LogP contribution in [-0.2, 0) is 6.54 Å². The predicted molar refractivity (Wildman–Crippen MR) is 67.7 cm³/mol. The zero-order valence-corrected chi connectivity index (χ0v) is 10.5. The van der Waals surface area contributed by atoms with Crippen molar-refractivity contribution in [2.45, 2.75) is 26.5 Å². The summed E-state index contributed by atoms with van der Waals surface area (Å²) in [7, 11) is 0. The number of nitro groups is 1. The van der Waals surface area contributed by atoms with Crippen molar-refractivity contribution in [2.24, 2.45) is 0 Å². The highest BCUT2D eigenvalue weighted by molar-refractivity contribution is 5.48. The molecule has 0 saturated carbocycles. The van der Waals surface area contributed by atoms with Gasteiger partial charge in [-0.1, -0.05) is 13.0 Å². The highest BCUT2D eigenvalue weighted by atomic mass is 16.6. The molecule has 1 aromatic carbocycles. The van der Waals surface area contributed by atoms with Gasteiger partial charge in [-0.3, -0.25) is 10.1 Å². The molecule has 0 amide bonds. The van der Waals surface area contributed by atoms with Crippen molar-refractivity contribution < 1.29 is 14.8 Å². The zero-order chi connectivity index (χ0) is 13.5. The average molecular weight is 254 g/mol. The van der Waals surface area contributed by atoms with Crippen LogP contribution in [0.1, 0.15) is 19.4 Å². The molecule has 6 heteroatoms. The third-order valence-electron chi connectivity index (χ3n) is 2.28. The maximum atomic E-state index is 10.8. The molecule has 0 radical (unpaired) electrons. The number of aliphatic hydroxyl groups is 1. The lowest BCUT2D eigenvalue weighted by molar-refractivity contribution is -0.385. The van der Waals surface area contributed by atoms with Gasteiger partial charge in [0, 0.05) is 12.6 Å². The van der Waals surface area contributed by atoms with Crippen molar-refractivity contribution in [2.75, 3.05) is 13.2 Å². The molecule has 1 atom stereocenters. The molecule has 0 spiro atoms. The second-order valence-corrected chi connectivity index (χ2v) is 4.00. The second kappa shape index (κ2) is 6.93. The number of hydrogen-bond donors (Lipinski definition) is 2. The minimum Gasteiger partial charge on any atom is -0.484 e. The first kappa shape index (κ1) is 14.4. The molecule has 0 bridgehead atoms. The molecule has 0 saturated heterocycles. The van der Waals surface area contributed by atoms with Gasteiger partial charge in [-0.2, -0.15) is 0 Å². The quantitative estimate of drug-likeness (QED) is 0.568. The maximum absolute atomic E-state index is 10.8. The number of nitrogens with zero attached hydrogens (tertiary/aromatic N) is 1. The van der Waals surface area contributed by atoms with Crippen LogP contribution in [0.4, 0.5) is 5.69 Å². The smallest absolute Gasteiger partial charge is 0.310 e. The van der Waals surface area contributed by atoms with Crippen LogP contribution in [0.15, 0.2) is 18.2 Å². The van der Waals surface area contributed by atoms with E-state index < -0.39 is 11.0 Å². The summed E-state index contributed by atoms with van der Waals surface area (Å²) in [5.41, 5.74) is 0.818. The van der Waals surface area contributed by atoms with Gasteiger partial charge in [0.2, 0.25) is 0 Å². The van der Waals surface area contributed by atoms with Gasteiger partial charge in [-0.15, -0.1) is 0 Å². The first-order valence-corrected chi connectivity index (χ1v) is 5.83. The molecular formula is C12H18N2O4. The molecule has 1 rings (SSSR count). The van der Waals surface area contributed by atoms with E-state index in [1.807, 2.05) is 6.92 Å². The van der Waals surface area contributed by atoms with E-state index in [1.54, 1.807) is 19.1 Å². The number of nitrogens with one attached hydrogen (secondary N) is 1. The van der Waals surface area contributed by atoms with E-state index in [9.17, 15) is 10.1 Å². The standard InChI is InChI=1S/C12H18N2O4/c1-3-13-7-10-4-5-11(14(16)17)12(6-10)18-8-9(2)15/h4-6,9,13,15H,3,7-8H2,1-2H3. The topological polar surface area (TPSA) is 84.6 Å². The molecule has 0 heterocycles. The Labute approximate surface area is 106 Å². The van der Waals surface area contributed by atoms with E-state index in [0.29, 0.717) is 6.54 Å². The SMILES string of the molecule is CCNCc1ccc([N+](=O)[O-])c(OCC(C)O)c1. The first-order valence-electron chi connectivity index (χ1n) is 5.83. The number of aliphatic hydroxyl groups excluding tert-OH is 1. The van der Waals surface area contributed by atoms with Gasteiger partial charge in [-0.25, -0.2) is 0 Å². The molecule has 18 heavy (non-hydrogen) atoms. The lowest BCUT2D eigenvalue weighted by Crippen LogP contribution is -2.15. The predicted octanol–water partition coefficient (Wildman–Crippen LogP) is 1.46. The van der Waals surface area contributed by atoms with Crippen molar-refractivity contribution >= 4 is 5.69 Å². The van der Waals surface area contributed by atoms with Crippen LogP contribution >= 0.6 is 0 Å². The number of hydrogen-bond acceptors (Lipinski definition) is 5.